The number of aromatic nitrogens is 2. The summed E-state index contributed by atoms with van der Waals surface area (Å²) in [5.41, 5.74) is 7.07. The SMILES string of the molecule is Cc1ccc(CC(CNC(=O)c2ccco2)n2c(=N)n(Cc3ccc(C)cc3)c3ccccc32)cc1. The summed E-state index contributed by atoms with van der Waals surface area (Å²) in [6.07, 6.45) is 2.17. The smallest absolute Gasteiger partial charge is 0.287 e. The number of aryl methyl sites for hydroxylation is 2. The molecule has 1 unspecified atom stereocenters. The van der Waals surface area contributed by atoms with Crippen molar-refractivity contribution in [3.05, 3.63) is 125 Å². The van der Waals surface area contributed by atoms with Crippen molar-refractivity contribution in [1.82, 2.24) is 14.5 Å². The Kier molecular flexibility index (Phi) is 6.58. The van der Waals surface area contributed by atoms with E-state index in [4.69, 9.17) is 4.42 Å². The van der Waals surface area contributed by atoms with Crippen molar-refractivity contribution >= 4 is 16.9 Å². The predicted octanol–water partition coefficient (Wildman–Crippen LogP) is 5.39. The van der Waals surface area contributed by atoms with Gasteiger partial charge < -0.3 is 18.9 Å². The number of benzene rings is 3. The Morgan fingerprint density at radius 3 is 2.14 bits per heavy atom. The first kappa shape index (κ1) is 23.4. The standard InChI is InChI=1S/C30H30N4O2/c1-21-9-13-23(14-10-21)18-25(19-32-29(35)28-8-5-17-36-28)34-27-7-4-3-6-26(27)33(30(34)31)20-24-15-11-22(2)12-16-24/h3-17,25,31H,18-20H2,1-2H3,(H,32,35). The zero-order valence-corrected chi connectivity index (χ0v) is 20.6. The van der Waals surface area contributed by atoms with Crippen LogP contribution in [0.15, 0.2) is 95.6 Å². The molecule has 0 bridgehead atoms. The molecule has 0 saturated carbocycles. The molecule has 0 fully saturated rings. The molecule has 6 nitrogen and oxygen atoms in total. The number of nitrogens with zero attached hydrogens (tertiary/aromatic N) is 2. The van der Waals surface area contributed by atoms with Gasteiger partial charge in [0.25, 0.3) is 5.91 Å². The van der Waals surface area contributed by atoms with E-state index in [1.165, 1.54) is 17.4 Å². The maximum Gasteiger partial charge on any atom is 0.287 e. The van der Waals surface area contributed by atoms with Gasteiger partial charge in [0.2, 0.25) is 5.62 Å². The summed E-state index contributed by atoms with van der Waals surface area (Å²) in [7, 11) is 0. The number of carbonyl (C=O) groups excluding carboxylic acids is 1. The largest absolute Gasteiger partial charge is 0.459 e. The highest BCUT2D eigenvalue weighted by Crippen LogP contribution is 2.22. The zero-order chi connectivity index (χ0) is 25.1. The molecule has 6 heteroatoms. The van der Waals surface area contributed by atoms with Crippen LogP contribution in [0.2, 0.25) is 0 Å². The minimum Gasteiger partial charge on any atom is -0.459 e. The predicted molar refractivity (Wildman–Crippen MR) is 141 cm³/mol. The topological polar surface area (TPSA) is 76.0 Å². The molecule has 36 heavy (non-hydrogen) atoms. The fourth-order valence-electron chi connectivity index (χ4n) is 4.62. The summed E-state index contributed by atoms with van der Waals surface area (Å²) < 4.78 is 9.36. The number of hydrogen-bond donors (Lipinski definition) is 2. The van der Waals surface area contributed by atoms with Crippen molar-refractivity contribution in [3.63, 3.8) is 0 Å². The van der Waals surface area contributed by atoms with Gasteiger partial charge in [-0.25, -0.2) is 0 Å². The van der Waals surface area contributed by atoms with Crippen LogP contribution in [0.1, 0.15) is 38.9 Å². The number of imidazole rings is 1. The number of rotatable bonds is 8. The van der Waals surface area contributed by atoms with Gasteiger partial charge in [-0.05, 0) is 55.7 Å². The van der Waals surface area contributed by atoms with Crippen molar-refractivity contribution in [1.29, 1.82) is 5.41 Å². The average Bonchev–Trinajstić information content (AvgIpc) is 3.52. The summed E-state index contributed by atoms with van der Waals surface area (Å²) in [6, 6.07) is 28.2. The first-order valence-electron chi connectivity index (χ1n) is 12.2. The van der Waals surface area contributed by atoms with Gasteiger partial charge in [0.1, 0.15) is 0 Å². The second kappa shape index (κ2) is 10.1. The van der Waals surface area contributed by atoms with Crippen LogP contribution >= 0.6 is 0 Å². The Balaban J connectivity index is 1.54. The van der Waals surface area contributed by atoms with E-state index in [0.29, 0.717) is 25.1 Å². The molecular formula is C30H30N4O2. The van der Waals surface area contributed by atoms with Crippen LogP contribution in [-0.2, 0) is 13.0 Å². The van der Waals surface area contributed by atoms with Crippen LogP contribution in [0.4, 0.5) is 0 Å². The van der Waals surface area contributed by atoms with Crippen molar-refractivity contribution in [3.8, 4) is 0 Å². The van der Waals surface area contributed by atoms with E-state index in [1.807, 2.05) is 21.3 Å². The quantitative estimate of drug-likeness (QED) is 0.314. The minimum absolute atomic E-state index is 0.164. The van der Waals surface area contributed by atoms with Gasteiger partial charge in [-0.15, -0.1) is 0 Å². The van der Waals surface area contributed by atoms with Gasteiger partial charge in [-0.1, -0.05) is 71.8 Å². The lowest BCUT2D eigenvalue weighted by Crippen LogP contribution is -2.36. The summed E-state index contributed by atoms with van der Waals surface area (Å²) in [5, 5.41) is 12.2. The van der Waals surface area contributed by atoms with Gasteiger partial charge >= 0.3 is 0 Å². The Hall–Kier alpha value is -4.32. The number of amides is 1. The molecule has 2 N–H and O–H groups in total. The number of furan rings is 1. The van der Waals surface area contributed by atoms with Crippen molar-refractivity contribution in [2.75, 3.05) is 6.54 Å². The number of fused-ring (bicyclic) bond motifs is 1. The van der Waals surface area contributed by atoms with E-state index in [9.17, 15) is 10.2 Å². The molecule has 3 aromatic carbocycles. The molecule has 5 rings (SSSR count). The molecule has 5 aromatic rings. The Morgan fingerprint density at radius 1 is 0.861 bits per heavy atom. The zero-order valence-electron chi connectivity index (χ0n) is 20.6. The highest BCUT2D eigenvalue weighted by atomic mass is 16.3. The highest BCUT2D eigenvalue weighted by molar-refractivity contribution is 5.91. The third kappa shape index (κ3) is 4.89. The Bertz CT molecular complexity index is 1530. The van der Waals surface area contributed by atoms with Crippen LogP contribution in [0.25, 0.3) is 11.0 Å². The summed E-state index contributed by atoms with van der Waals surface area (Å²) in [4.78, 5) is 12.7. The molecule has 182 valence electrons. The van der Waals surface area contributed by atoms with Gasteiger partial charge in [-0.3, -0.25) is 10.2 Å². The second-order valence-electron chi connectivity index (χ2n) is 9.28. The van der Waals surface area contributed by atoms with Crippen LogP contribution in [0, 0.1) is 19.3 Å². The molecular weight excluding hydrogens is 448 g/mol. The molecule has 2 heterocycles. The number of hydrogen-bond acceptors (Lipinski definition) is 3. The number of nitrogens with one attached hydrogen (secondary N) is 2. The maximum absolute atomic E-state index is 12.7. The molecule has 1 atom stereocenters. The number of carbonyl (C=O) groups is 1. The molecule has 0 saturated heterocycles. The van der Waals surface area contributed by atoms with E-state index in [-0.39, 0.29) is 17.7 Å². The Morgan fingerprint density at radius 2 is 1.50 bits per heavy atom. The van der Waals surface area contributed by atoms with E-state index < -0.39 is 0 Å². The monoisotopic (exact) mass is 478 g/mol. The third-order valence-corrected chi connectivity index (χ3v) is 6.58. The fourth-order valence-corrected chi connectivity index (χ4v) is 4.62. The van der Waals surface area contributed by atoms with Crippen LogP contribution in [-0.4, -0.2) is 21.6 Å². The van der Waals surface area contributed by atoms with Gasteiger partial charge in [0.15, 0.2) is 5.76 Å². The minimum atomic E-state index is -0.260. The molecule has 0 aliphatic rings. The molecule has 0 radical (unpaired) electrons. The molecule has 0 aliphatic carbocycles. The lowest BCUT2D eigenvalue weighted by molar-refractivity contribution is 0.0919. The van der Waals surface area contributed by atoms with Gasteiger partial charge in [0, 0.05) is 6.54 Å². The van der Waals surface area contributed by atoms with Crippen molar-refractivity contribution in [2.45, 2.75) is 32.9 Å². The Labute approximate surface area is 210 Å². The van der Waals surface area contributed by atoms with E-state index in [0.717, 1.165) is 22.2 Å². The molecule has 0 spiro atoms. The number of para-hydroxylation sites is 2. The second-order valence-corrected chi connectivity index (χ2v) is 9.28. The van der Waals surface area contributed by atoms with Gasteiger partial charge in [-0.2, -0.15) is 0 Å². The van der Waals surface area contributed by atoms with Crippen molar-refractivity contribution < 1.29 is 9.21 Å². The van der Waals surface area contributed by atoms with Crippen LogP contribution in [0.3, 0.4) is 0 Å². The summed E-state index contributed by atoms with van der Waals surface area (Å²) in [6.45, 7) is 5.11. The summed E-state index contributed by atoms with van der Waals surface area (Å²) >= 11 is 0. The fraction of sp³-hybridized carbons (Fsp3) is 0.200. The average molecular weight is 479 g/mol. The lowest BCUT2D eigenvalue weighted by atomic mass is 10.0. The highest BCUT2D eigenvalue weighted by Gasteiger charge is 2.21. The molecule has 2 aromatic heterocycles. The normalized spacial score (nSPS) is 12.1. The van der Waals surface area contributed by atoms with E-state index in [2.05, 4.69) is 79.8 Å². The lowest BCUT2D eigenvalue weighted by Gasteiger charge is -2.20. The van der Waals surface area contributed by atoms with Crippen molar-refractivity contribution in [2.24, 2.45) is 0 Å². The maximum atomic E-state index is 12.7. The summed E-state index contributed by atoms with van der Waals surface area (Å²) in [5.74, 6) is 0.0198. The first-order valence-corrected chi connectivity index (χ1v) is 12.2. The third-order valence-electron chi connectivity index (χ3n) is 6.58. The van der Waals surface area contributed by atoms with Crippen LogP contribution < -0.4 is 10.9 Å². The van der Waals surface area contributed by atoms with Gasteiger partial charge in [0.05, 0.1) is 29.9 Å². The van der Waals surface area contributed by atoms with Crippen LogP contribution in [0.5, 0.6) is 0 Å². The molecule has 0 aliphatic heterocycles. The van der Waals surface area contributed by atoms with E-state index in [1.54, 1.807) is 12.1 Å². The van der Waals surface area contributed by atoms with E-state index >= 15 is 0 Å². The molecule has 1 amide bonds. The first-order chi connectivity index (χ1) is 17.5.